The Morgan fingerprint density at radius 1 is 0.710 bits per heavy atom. The molecule has 0 saturated carbocycles. The van der Waals surface area contributed by atoms with Crippen LogP contribution in [0.5, 0.6) is 0 Å². The van der Waals surface area contributed by atoms with E-state index in [0.29, 0.717) is 13.3 Å². The van der Waals surface area contributed by atoms with Gasteiger partial charge in [-0.2, -0.15) is 0 Å². The number of para-hydroxylation sites is 2. The van der Waals surface area contributed by atoms with Crippen molar-refractivity contribution in [1.29, 1.82) is 0 Å². The van der Waals surface area contributed by atoms with Crippen molar-refractivity contribution in [1.82, 2.24) is 30.0 Å². The summed E-state index contributed by atoms with van der Waals surface area (Å²) >= 11 is 0. The second-order valence-corrected chi connectivity index (χ2v) is 7.75. The van der Waals surface area contributed by atoms with Gasteiger partial charge in [-0.05, 0) is 54.8 Å². The molecule has 0 amide bonds. The normalized spacial score (nSPS) is 11.4. The van der Waals surface area contributed by atoms with Crippen LogP contribution in [0.3, 0.4) is 0 Å². The lowest BCUT2D eigenvalue weighted by Crippen LogP contribution is -2.30. The van der Waals surface area contributed by atoms with Crippen molar-refractivity contribution in [3.63, 3.8) is 0 Å². The Bertz CT molecular complexity index is 1210. The van der Waals surface area contributed by atoms with Crippen LogP contribution in [0.2, 0.25) is 0 Å². The van der Waals surface area contributed by atoms with Gasteiger partial charge in [-0.15, -0.1) is 10.2 Å². The largest absolute Gasteiger partial charge is 0.332 e. The van der Waals surface area contributed by atoms with E-state index in [-0.39, 0.29) is 0 Å². The molecule has 5 rings (SSSR count). The molecule has 7 heteroatoms. The topological polar surface area (TPSA) is 64.7 Å². The van der Waals surface area contributed by atoms with Crippen molar-refractivity contribution in [2.75, 3.05) is 4.90 Å². The molecule has 2 heterocycles. The van der Waals surface area contributed by atoms with E-state index >= 15 is 0 Å². The Morgan fingerprint density at radius 3 is 1.81 bits per heavy atom. The summed E-state index contributed by atoms with van der Waals surface area (Å²) < 4.78 is 3.86. The molecule has 31 heavy (non-hydrogen) atoms. The lowest BCUT2D eigenvalue weighted by molar-refractivity contribution is 0.498. The zero-order valence-corrected chi connectivity index (χ0v) is 17.6. The number of fused-ring (bicyclic) bond motifs is 2. The van der Waals surface area contributed by atoms with Gasteiger partial charge in [0, 0.05) is 5.69 Å². The average molecular weight is 412 g/mol. The van der Waals surface area contributed by atoms with Gasteiger partial charge in [-0.3, -0.25) is 0 Å². The smallest absolute Gasteiger partial charge is 0.116 e. The lowest BCUT2D eigenvalue weighted by atomic mass is 10.1. The number of hydrogen-bond acceptors (Lipinski definition) is 5. The van der Waals surface area contributed by atoms with Crippen LogP contribution in [-0.2, 0) is 19.8 Å². The van der Waals surface area contributed by atoms with Gasteiger partial charge in [-0.1, -0.05) is 60.2 Å². The molecular weight excluding hydrogens is 386 g/mol. The first-order chi connectivity index (χ1) is 15.3. The number of benzene rings is 3. The van der Waals surface area contributed by atoms with Gasteiger partial charge in [0.1, 0.15) is 24.4 Å². The van der Waals surface area contributed by atoms with Crippen molar-refractivity contribution < 1.29 is 0 Å². The zero-order valence-electron chi connectivity index (χ0n) is 17.6. The highest BCUT2D eigenvalue weighted by Gasteiger charge is 2.14. The number of aryl methyl sites for hydroxylation is 1. The summed E-state index contributed by atoms with van der Waals surface area (Å²) in [6, 6.07) is 24.9. The van der Waals surface area contributed by atoms with Crippen molar-refractivity contribution >= 4 is 27.8 Å². The standard InChI is InChI=1S/C24H25N7/c1-2-3-8-19-13-15-20(16-14-19)29(17-30-23-11-6-4-9-21(23)25-27-30)18-31-24-12-7-5-10-22(24)26-28-31/h4-7,9-16H,2-3,8,17-18H2,1H3. The van der Waals surface area contributed by atoms with Crippen molar-refractivity contribution in [2.24, 2.45) is 0 Å². The van der Waals surface area contributed by atoms with Crippen LogP contribution in [0.15, 0.2) is 72.8 Å². The monoisotopic (exact) mass is 411 g/mol. The van der Waals surface area contributed by atoms with E-state index < -0.39 is 0 Å². The van der Waals surface area contributed by atoms with E-state index in [9.17, 15) is 0 Å². The second kappa shape index (κ2) is 8.55. The fourth-order valence-electron chi connectivity index (χ4n) is 3.83. The summed E-state index contributed by atoms with van der Waals surface area (Å²) in [7, 11) is 0. The summed E-state index contributed by atoms with van der Waals surface area (Å²) in [6.07, 6.45) is 3.52. The van der Waals surface area contributed by atoms with Crippen LogP contribution < -0.4 is 4.90 Å². The highest BCUT2D eigenvalue weighted by molar-refractivity contribution is 5.74. The minimum atomic E-state index is 0.559. The van der Waals surface area contributed by atoms with Crippen LogP contribution in [0.1, 0.15) is 25.3 Å². The van der Waals surface area contributed by atoms with Gasteiger partial charge in [0.2, 0.25) is 0 Å². The Morgan fingerprint density at radius 2 is 1.26 bits per heavy atom. The molecule has 0 spiro atoms. The number of anilines is 1. The van der Waals surface area contributed by atoms with Gasteiger partial charge >= 0.3 is 0 Å². The average Bonchev–Trinajstić information content (AvgIpc) is 3.42. The van der Waals surface area contributed by atoms with Crippen LogP contribution in [0, 0.1) is 0 Å². The van der Waals surface area contributed by atoms with Gasteiger partial charge in [0.25, 0.3) is 0 Å². The fraction of sp³-hybridized carbons (Fsp3) is 0.250. The molecule has 7 nitrogen and oxygen atoms in total. The Labute approximate surface area is 180 Å². The molecule has 0 aliphatic carbocycles. The van der Waals surface area contributed by atoms with E-state index in [1.807, 2.05) is 57.9 Å². The molecule has 0 aliphatic rings. The number of unbranched alkanes of at least 4 members (excludes halogenated alkanes) is 1. The first-order valence-corrected chi connectivity index (χ1v) is 10.7. The maximum absolute atomic E-state index is 4.39. The molecule has 0 N–H and O–H groups in total. The van der Waals surface area contributed by atoms with E-state index in [0.717, 1.165) is 34.2 Å². The highest BCUT2D eigenvalue weighted by atomic mass is 15.5. The van der Waals surface area contributed by atoms with Crippen molar-refractivity contribution in [3.05, 3.63) is 78.4 Å². The van der Waals surface area contributed by atoms with Crippen molar-refractivity contribution in [2.45, 2.75) is 39.5 Å². The predicted octanol–water partition coefficient (Wildman–Crippen LogP) is 4.64. The molecule has 0 aliphatic heterocycles. The van der Waals surface area contributed by atoms with Crippen molar-refractivity contribution in [3.8, 4) is 0 Å². The summed E-state index contributed by atoms with van der Waals surface area (Å²) in [5.41, 5.74) is 6.28. The zero-order chi connectivity index (χ0) is 21.0. The molecule has 0 fully saturated rings. The van der Waals surface area contributed by atoms with Gasteiger partial charge in [-0.25, -0.2) is 9.36 Å². The van der Waals surface area contributed by atoms with E-state index in [1.54, 1.807) is 0 Å². The number of hydrogen-bond donors (Lipinski definition) is 0. The van der Waals surface area contributed by atoms with Gasteiger partial charge < -0.3 is 4.90 Å². The second-order valence-electron chi connectivity index (χ2n) is 7.75. The first-order valence-electron chi connectivity index (χ1n) is 10.7. The van der Waals surface area contributed by atoms with Crippen LogP contribution in [0.25, 0.3) is 22.1 Å². The Hall–Kier alpha value is -3.74. The molecule has 5 aromatic rings. The molecular formula is C24H25N7. The third-order valence-corrected chi connectivity index (χ3v) is 5.57. The molecule has 0 unspecified atom stereocenters. The van der Waals surface area contributed by atoms with E-state index in [4.69, 9.17) is 0 Å². The summed E-state index contributed by atoms with van der Waals surface area (Å²) in [5, 5.41) is 17.4. The molecule has 0 radical (unpaired) electrons. The molecule has 0 bridgehead atoms. The van der Waals surface area contributed by atoms with E-state index in [2.05, 4.69) is 56.7 Å². The first kappa shape index (κ1) is 19.2. The fourth-order valence-corrected chi connectivity index (χ4v) is 3.83. The van der Waals surface area contributed by atoms with E-state index in [1.165, 1.54) is 18.4 Å². The quantitative estimate of drug-likeness (QED) is 0.372. The lowest BCUT2D eigenvalue weighted by Gasteiger charge is -2.25. The van der Waals surface area contributed by atoms with Crippen LogP contribution in [0.4, 0.5) is 5.69 Å². The molecule has 156 valence electrons. The summed E-state index contributed by atoms with van der Waals surface area (Å²) in [6.45, 7) is 3.34. The number of nitrogens with zero attached hydrogens (tertiary/aromatic N) is 7. The third kappa shape index (κ3) is 3.99. The molecule has 2 aromatic heterocycles. The number of rotatable bonds is 8. The Balaban J connectivity index is 1.48. The third-order valence-electron chi connectivity index (χ3n) is 5.57. The predicted molar refractivity (Wildman–Crippen MR) is 123 cm³/mol. The Kier molecular flexibility index (Phi) is 5.31. The maximum atomic E-state index is 4.39. The molecule has 0 atom stereocenters. The molecule has 3 aromatic carbocycles. The number of aromatic nitrogens is 6. The maximum Gasteiger partial charge on any atom is 0.116 e. The van der Waals surface area contributed by atoms with Crippen LogP contribution >= 0.6 is 0 Å². The SMILES string of the molecule is CCCCc1ccc(N(Cn2nnc3ccccc32)Cn2nnc3ccccc32)cc1. The summed E-state index contributed by atoms with van der Waals surface area (Å²) in [4.78, 5) is 2.24. The highest BCUT2D eigenvalue weighted by Crippen LogP contribution is 2.21. The minimum absolute atomic E-state index is 0.559. The molecule has 0 saturated heterocycles. The minimum Gasteiger partial charge on any atom is -0.332 e. The van der Waals surface area contributed by atoms with Crippen LogP contribution in [-0.4, -0.2) is 30.0 Å². The summed E-state index contributed by atoms with van der Waals surface area (Å²) in [5.74, 6) is 0. The van der Waals surface area contributed by atoms with Gasteiger partial charge in [0.15, 0.2) is 0 Å². The van der Waals surface area contributed by atoms with Gasteiger partial charge in [0.05, 0.1) is 11.0 Å².